The van der Waals surface area contributed by atoms with Crippen molar-refractivity contribution in [2.24, 2.45) is 0 Å². The maximum Gasteiger partial charge on any atom is 0.257 e. The van der Waals surface area contributed by atoms with Crippen molar-refractivity contribution in [3.05, 3.63) is 91.8 Å². The van der Waals surface area contributed by atoms with Crippen LogP contribution in [-0.2, 0) is 24.2 Å². The zero-order valence-electron chi connectivity index (χ0n) is 18.6. The van der Waals surface area contributed by atoms with Gasteiger partial charge in [-0.1, -0.05) is 12.1 Å². The summed E-state index contributed by atoms with van der Waals surface area (Å²) in [6.07, 6.45) is 5.16. The monoisotopic (exact) mass is 483 g/mol. The number of carbonyl (C=O) groups excluding carboxylic acids is 2. The first-order valence-corrected chi connectivity index (χ1v) is 12.1. The van der Waals surface area contributed by atoms with E-state index in [1.165, 1.54) is 35.9 Å². The van der Waals surface area contributed by atoms with Crippen LogP contribution < -0.4 is 16.1 Å². The summed E-state index contributed by atoms with van der Waals surface area (Å²) in [6.45, 7) is 1.63. The summed E-state index contributed by atoms with van der Waals surface area (Å²) >= 11 is 1.52. The Morgan fingerprint density at radius 3 is 2.59 bits per heavy atom. The predicted octanol–water partition coefficient (Wildman–Crippen LogP) is 3.13. The van der Waals surface area contributed by atoms with Crippen molar-refractivity contribution in [3.63, 3.8) is 0 Å². The lowest BCUT2D eigenvalue weighted by Gasteiger charge is -2.15. The second-order valence-corrected chi connectivity index (χ2v) is 8.98. The summed E-state index contributed by atoms with van der Waals surface area (Å²) in [6, 6.07) is 8.02. The molecule has 1 aliphatic rings. The second-order valence-electron chi connectivity index (χ2n) is 8.20. The Kier molecular flexibility index (Phi) is 7.87. The molecule has 0 saturated carbocycles. The maximum atomic E-state index is 13.4. The molecule has 9 heteroatoms. The predicted molar refractivity (Wildman–Crippen MR) is 128 cm³/mol. The fourth-order valence-corrected chi connectivity index (χ4v) is 4.53. The van der Waals surface area contributed by atoms with Gasteiger partial charge in [0.05, 0.1) is 6.10 Å². The molecule has 1 atom stereocenters. The lowest BCUT2D eigenvalue weighted by atomic mass is 10.1. The van der Waals surface area contributed by atoms with Crippen LogP contribution in [0.15, 0.2) is 58.3 Å². The Morgan fingerprint density at radius 1 is 1.12 bits per heavy atom. The van der Waals surface area contributed by atoms with Gasteiger partial charge in [-0.05, 0) is 59.3 Å². The number of halogens is 1. The summed E-state index contributed by atoms with van der Waals surface area (Å²) in [5.41, 5.74) is 0.836. The van der Waals surface area contributed by atoms with Gasteiger partial charge < -0.3 is 19.9 Å². The summed E-state index contributed by atoms with van der Waals surface area (Å²) in [5.74, 6) is -1.45. The first-order chi connectivity index (χ1) is 16.5. The van der Waals surface area contributed by atoms with E-state index in [1.54, 1.807) is 16.7 Å². The highest BCUT2D eigenvalue weighted by Gasteiger charge is 2.22. The van der Waals surface area contributed by atoms with Crippen molar-refractivity contribution in [1.82, 2.24) is 15.2 Å². The van der Waals surface area contributed by atoms with Gasteiger partial charge in [0, 0.05) is 38.6 Å². The molecule has 1 saturated heterocycles. The van der Waals surface area contributed by atoms with Crippen molar-refractivity contribution in [2.45, 2.75) is 38.5 Å². The molecule has 0 bridgehead atoms. The molecule has 1 aliphatic heterocycles. The molecule has 178 valence electrons. The number of aromatic nitrogens is 1. The molecular formula is C25H26FN3O4S. The number of amides is 2. The molecule has 2 N–H and O–H groups in total. The molecule has 3 aromatic rings. The number of nitrogens with zero attached hydrogens (tertiary/aromatic N) is 1. The van der Waals surface area contributed by atoms with E-state index < -0.39 is 17.2 Å². The van der Waals surface area contributed by atoms with Crippen LogP contribution in [0.5, 0.6) is 0 Å². The van der Waals surface area contributed by atoms with Crippen LogP contribution in [0.1, 0.15) is 44.7 Å². The highest BCUT2D eigenvalue weighted by Crippen LogP contribution is 2.14. The Labute approximate surface area is 200 Å². The number of carbonyl (C=O) groups is 2. The molecule has 0 spiro atoms. The van der Waals surface area contributed by atoms with Crippen molar-refractivity contribution in [2.75, 3.05) is 13.2 Å². The molecule has 1 fully saturated rings. The average Bonchev–Trinajstić information content (AvgIpc) is 3.53. The smallest absolute Gasteiger partial charge is 0.257 e. The number of rotatable bonds is 9. The first kappa shape index (κ1) is 23.8. The Morgan fingerprint density at radius 2 is 1.91 bits per heavy atom. The molecule has 4 rings (SSSR count). The SMILES string of the molecule is O=C(NCCc1cccc(F)c1)c1cn(C[C@@H]2CCCO2)cc(C(=O)NCc2ccsc2)c1=O. The molecule has 0 unspecified atom stereocenters. The number of nitrogens with one attached hydrogen (secondary N) is 2. The van der Waals surface area contributed by atoms with E-state index in [4.69, 9.17) is 4.74 Å². The number of thiophene rings is 1. The molecule has 3 heterocycles. The number of ether oxygens (including phenoxy) is 1. The third kappa shape index (κ3) is 6.18. The van der Waals surface area contributed by atoms with Crippen molar-refractivity contribution in [1.29, 1.82) is 0 Å². The minimum atomic E-state index is -0.630. The largest absolute Gasteiger partial charge is 0.376 e. The van der Waals surface area contributed by atoms with Crippen LogP contribution in [-0.4, -0.2) is 35.6 Å². The highest BCUT2D eigenvalue weighted by molar-refractivity contribution is 7.07. The fraction of sp³-hybridized carbons (Fsp3) is 0.320. The molecule has 2 amide bonds. The van der Waals surface area contributed by atoms with E-state index >= 15 is 0 Å². The summed E-state index contributed by atoms with van der Waals surface area (Å²) < 4.78 is 20.7. The quantitative estimate of drug-likeness (QED) is 0.489. The summed E-state index contributed by atoms with van der Waals surface area (Å²) in [4.78, 5) is 38.8. The van der Waals surface area contributed by atoms with Crippen LogP contribution in [0.25, 0.3) is 0 Å². The number of hydrogen-bond acceptors (Lipinski definition) is 5. The van der Waals surface area contributed by atoms with E-state index in [0.717, 1.165) is 24.0 Å². The van der Waals surface area contributed by atoms with Gasteiger partial charge in [-0.15, -0.1) is 0 Å². The highest BCUT2D eigenvalue weighted by atomic mass is 32.1. The molecule has 0 aliphatic carbocycles. The van der Waals surface area contributed by atoms with Crippen LogP contribution in [0, 0.1) is 5.82 Å². The van der Waals surface area contributed by atoms with Crippen LogP contribution in [0.4, 0.5) is 4.39 Å². The molecule has 34 heavy (non-hydrogen) atoms. The van der Waals surface area contributed by atoms with Gasteiger partial charge in [0.15, 0.2) is 0 Å². The molecule has 0 radical (unpaired) electrons. The van der Waals surface area contributed by atoms with E-state index in [-0.39, 0.29) is 36.1 Å². The van der Waals surface area contributed by atoms with Gasteiger partial charge in [-0.25, -0.2) is 4.39 Å². The van der Waals surface area contributed by atoms with E-state index in [0.29, 0.717) is 19.6 Å². The van der Waals surface area contributed by atoms with Crippen LogP contribution in [0.3, 0.4) is 0 Å². The Bertz CT molecular complexity index is 1200. The molecule has 1 aromatic carbocycles. The van der Waals surface area contributed by atoms with Crippen LogP contribution >= 0.6 is 11.3 Å². The summed E-state index contributed by atoms with van der Waals surface area (Å²) in [7, 11) is 0. The maximum absolute atomic E-state index is 13.4. The first-order valence-electron chi connectivity index (χ1n) is 11.2. The third-order valence-corrected chi connectivity index (χ3v) is 6.36. The Hall–Kier alpha value is -3.30. The zero-order chi connectivity index (χ0) is 23.9. The van der Waals surface area contributed by atoms with E-state index in [9.17, 15) is 18.8 Å². The number of pyridine rings is 1. The van der Waals surface area contributed by atoms with Gasteiger partial charge >= 0.3 is 0 Å². The van der Waals surface area contributed by atoms with Gasteiger partial charge in [-0.3, -0.25) is 14.4 Å². The zero-order valence-corrected chi connectivity index (χ0v) is 19.4. The Balaban J connectivity index is 1.51. The molecular weight excluding hydrogens is 457 g/mol. The van der Waals surface area contributed by atoms with Gasteiger partial charge in [-0.2, -0.15) is 11.3 Å². The number of hydrogen-bond donors (Lipinski definition) is 2. The number of benzene rings is 1. The lowest BCUT2D eigenvalue weighted by molar-refractivity contribution is 0.0925. The standard InChI is InChI=1S/C25H26FN3O4S/c26-19-4-1-3-17(11-19)6-8-27-24(31)21-14-29(13-20-5-2-9-33-20)15-22(23(21)30)25(32)28-12-18-7-10-34-16-18/h1,3-4,7,10-11,14-16,20H,2,5-6,8-9,12-13H2,(H,27,31)(H,28,32)/t20-/m0/s1. The topological polar surface area (TPSA) is 89.4 Å². The van der Waals surface area contributed by atoms with Gasteiger partial charge in [0.2, 0.25) is 5.43 Å². The summed E-state index contributed by atoms with van der Waals surface area (Å²) in [5, 5.41) is 9.29. The third-order valence-electron chi connectivity index (χ3n) is 5.63. The van der Waals surface area contributed by atoms with Crippen molar-refractivity contribution >= 4 is 23.2 Å². The normalized spacial score (nSPS) is 15.3. The van der Waals surface area contributed by atoms with Gasteiger partial charge in [0.25, 0.3) is 11.8 Å². The van der Waals surface area contributed by atoms with Gasteiger partial charge in [0.1, 0.15) is 16.9 Å². The van der Waals surface area contributed by atoms with E-state index in [2.05, 4.69) is 10.6 Å². The molecule has 2 aromatic heterocycles. The van der Waals surface area contributed by atoms with E-state index in [1.807, 2.05) is 16.8 Å². The van der Waals surface area contributed by atoms with Crippen molar-refractivity contribution in [3.8, 4) is 0 Å². The second kappa shape index (κ2) is 11.2. The average molecular weight is 484 g/mol. The molecule has 7 nitrogen and oxygen atoms in total. The van der Waals surface area contributed by atoms with Crippen LogP contribution in [0.2, 0.25) is 0 Å². The van der Waals surface area contributed by atoms with Crippen molar-refractivity contribution < 1.29 is 18.7 Å². The lowest BCUT2D eigenvalue weighted by Crippen LogP contribution is -2.36. The minimum Gasteiger partial charge on any atom is -0.376 e. The minimum absolute atomic E-state index is 0.0342. The fourth-order valence-electron chi connectivity index (χ4n) is 3.86.